The van der Waals surface area contributed by atoms with Crippen molar-refractivity contribution in [2.24, 2.45) is 0 Å². The van der Waals surface area contributed by atoms with E-state index >= 15 is 0 Å². The Hall–Kier alpha value is -0.570. The fourth-order valence-corrected chi connectivity index (χ4v) is 4.47. The quantitative estimate of drug-likeness (QED) is 0.799. The third-order valence-electron chi connectivity index (χ3n) is 2.19. The van der Waals surface area contributed by atoms with E-state index in [1.54, 1.807) is 6.26 Å². The van der Waals surface area contributed by atoms with Gasteiger partial charge in [0.15, 0.2) is 15.9 Å². The molecule has 0 saturated carbocycles. The summed E-state index contributed by atoms with van der Waals surface area (Å²) in [5.41, 5.74) is 0.0209. The van der Waals surface area contributed by atoms with Crippen LogP contribution in [0.3, 0.4) is 0 Å². The van der Waals surface area contributed by atoms with Gasteiger partial charge in [-0.1, -0.05) is 0 Å². The third kappa shape index (κ3) is 3.25. The molecule has 100 valence electrons. The first-order valence-corrected chi connectivity index (χ1v) is 8.57. The Morgan fingerprint density at radius 2 is 2.00 bits per heavy atom. The Labute approximate surface area is 117 Å². The van der Waals surface area contributed by atoms with E-state index in [0.29, 0.717) is 9.37 Å². The molecule has 0 fully saturated rings. The van der Waals surface area contributed by atoms with Crippen LogP contribution in [-0.4, -0.2) is 37.1 Å². The largest absolute Gasteiger partial charge is 0.479 e. The number of hydrogen-bond donors (Lipinski definition) is 2. The van der Waals surface area contributed by atoms with Gasteiger partial charge in [0.2, 0.25) is 0 Å². The second kappa shape index (κ2) is 5.60. The Bertz CT molecular complexity index is 582. The van der Waals surface area contributed by atoms with Crippen LogP contribution in [-0.2, 0) is 14.6 Å². The lowest BCUT2D eigenvalue weighted by molar-refractivity contribution is -0.146. The van der Waals surface area contributed by atoms with Crippen molar-refractivity contribution in [3.8, 4) is 0 Å². The van der Waals surface area contributed by atoms with Gasteiger partial charge in [0.1, 0.15) is 0 Å². The average molecular weight is 355 g/mol. The van der Waals surface area contributed by atoms with E-state index < -0.39 is 21.9 Å². The van der Waals surface area contributed by atoms with Crippen molar-refractivity contribution < 1.29 is 23.4 Å². The SMILES string of the molecule is CSc1c(Br)cc(C(O)C(=O)O)cc1S(C)(=O)=O. The zero-order valence-corrected chi connectivity index (χ0v) is 12.8. The van der Waals surface area contributed by atoms with Crippen LogP contribution in [0.4, 0.5) is 0 Å². The number of carbonyl (C=O) groups is 1. The van der Waals surface area contributed by atoms with Crippen LogP contribution in [0.25, 0.3) is 0 Å². The fraction of sp³-hybridized carbons (Fsp3) is 0.300. The molecule has 0 bridgehead atoms. The number of carboxylic acids is 1. The normalized spacial score (nSPS) is 13.3. The molecule has 0 heterocycles. The molecule has 2 N–H and O–H groups in total. The second-order valence-corrected chi connectivity index (χ2v) is 7.20. The predicted octanol–water partition coefficient (Wildman–Crippen LogP) is 1.69. The number of aliphatic carboxylic acids is 1. The van der Waals surface area contributed by atoms with Crippen molar-refractivity contribution in [3.63, 3.8) is 0 Å². The molecule has 5 nitrogen and oxygen atoms in total. The summed E-state index contributed by atoms with van der Waals surface area (Å²) < 4.78 is 23.7. The minimum absolute atomic E-state index is 0.000301. The van der Waals surface area contributed by atoms with Crippen LogP contribution >= 0.6 is 27.7 Å². The highest BCUT2D eigenvalue weighted by Crippen LogP contribution is 2.35. The zero-order chi connectivity index (χ0) is 14.1. The molecule has 0 aliphatic heterocycles. The van der Waals surface area contributed by atoms with Crippen molar-refractivity contribution in [2.45, 2.75) is 15.9 Å². The topological polar surface area (TPSA) is 91.7 Å². The van der Waals surface area contributed by atoms with Gasteiger partial charge >= 0.3 is 5.97 Å². The Morgan fingerprint density at radius 3 is 2.39 bits per heavy atom. The summed E-state index contributed by atoms with van der Waals surface area (Å²) in [5.74, 6) is -1.43. The zero-order valence-electron chi connectivity index (χ0n) is 9.55. The second-order valence-electron chi connectivity index (χ2n) is 3.55. The van der Waals surface area contributed by atoms with Crippen molar-refractivity contribution in [1.82, 2.24) is 0 Å². The van der Waals surface area contributed by atoms with Gasteiger partial charge in [-0.2, -0.15) is 0 Å². The molecule has 1 aromatic carbocycles. The number of benzene rings is 1. The fourth-order valence-electron chi connectivity index (χ4n) is 1.36. The molecule has 0 aliphatic carbocycles. The Balaban J connectivity index is 3.55. The van der Waals surface area contributed by atoms with Crippen molar-refractivity contribution >= 4 is 43.5 Å². The Morgan fingerprint density at radius 1 is 1.44 bits per heavy atom. The first-order chi connectivity index (χ1) is 8.18. The highest BCUT2D eigenvalue weighted by atomic mass is 79.9. The minimum atomic E-state index is -3.50. The highest BCUT2D eigenvalue weighted by molar-refractivity contribution is 9.10. The number of halogens is 1. The lowest BCUT2D eigenvalue weighted by atomic mass is 10.1. The predicted molar refractivity (Wildman–Crippen MR) is 71.6 cm³/mol. The first kappa shape index (κ1) is 15.5. The molecule has 0 aromatic heterocycles. The Kier molecular flexibility index (Phi) is 4.82. The van der Waals surface area contributed by atoms with Crippen LogP contribution in [0.1, 0.15) is 11.7 Å². The number of carboxylic acid groups (broad SMARTS) is 1. The van der Waals surface area contributed by atoms with Crippen LogP contribution < -0.4 is 0 Å². The van der Waals surface area contributed by atoms with Crippen LogP contribution in [0.15, 0.2) is 26.4 Å². The lowest BCUT2D eigenvalue weighted by Crippen LogP contribution is -2.12. The summed E-state index contributed by atoms with van der Waals surface area (Å²) in [4.78, 5) is 11.2. The van der Waals surface area contributed by atoms with Gasteiger partial charge in [0.05, 0.1) is 4.90 Å². The monoisotopic (exact) mass is 354 g/mol. The maximum Gasteiger partial charge on any atom is 0.337 e. The van der Waals surface area contributed by atoms with E-state index in [1.807, 2.05) is 0 Å². The lowest BCUT2D eigenvalue weighted by Gasteiger charge is -2.13. The van der Waals surface area contributed by atoms with Crippen molar-refractivity contribution in [1.29, 1.82) is 0 Å². The van der Waals surface area contributed by atoms with E-state index in [9.17, 15) is 18.3 Å². The summed E-state index contributed by atoms with van der Waals surface area (Å²) in [6.07, 6.45) is 0.991. The van der Waals surface area contributed by atoms with Gasteiger partial charge in [-0.15, -0.1) is 11.8 Å². The molecule has 0 saturated heterocycles. The molecule has 0 spiro atoms. The van der Waals surface area contributed by atoms with Crippen molar-refractivity contribution in [2.75, 3.05) is 12.5 Å². The molecule has 0 radical (unpaired) electrons. The van der Waals surface area contributed by atoms with E-state index in [2.05, 4.69) is 15.9 Å². The number of thioether (sulfide) groups is 1. The first-order valence-electron chi connectivity index (χ1n) is 4.67. The molecule has 1 rings (SSSR count). The average Bonchev–Trinajstić information content (AvgIpc) is 2.25. The van der Waals surface area contributed by atoms with Gasteiger partial charge in [0, 0.05) is 15.6 Å². The minimum Gasteiger partial charge on any atom is -0.479 e. The van der Waals surface area contributed by atoms with Gasteiger partial charge in [-0.05, 0) is 39.9 Å². The van der Waals surface area contributed by atoms with Crippen molar-refractivity contribution in [3.05, 3.63) is 22.2 Å². The smallest absolute Gasteiger partial charge is 0.337 e. The van der Waals surface area contributed by atoms with E-state index in [0.717, 1.165) is 6.26 Å². The maximum absolute atomic E-state index is 11.6. The number of aliphatic hydroxyl groups is 1. The van der Waals surface area contributed by atoms with Gasteiger partial charge < -0.3 is 10.2 Å². The summed E-state index contributed by atoms with van der Waals surface area (Å²) in [6, 6.07) is 2.59. The number of sulfone groups is 1. The summed E-state index contributed by atoms with van der Waals surface area (Å²) in [7, 11) is -3.50. The summed E-state index contributed by atoms with van der Waals surface area (Å²) >= 11 is 4.40. The van der Waals surface area contributed by atoms with E-state index in [4.69, 9.17) is 5.11 Å². The standard InChI is InChI=1S/C10H11BrO5S2/c1-17-9-6(11)3-5(8(12)10(13)14)4-7(9)18(2,15)16/h3-4,8,12H,1-2H3,(H,13,14). The highest BCUT2D eigenvalue weighted by Gasteiger charge is 2.22. The number of hydrogen-bond acceptors (Lipinski definition) is 5. The summed E-state index contributed by atoms with van der Waals surface area (Å²) in [6.45, 7) is 0. The number of aliphatic hydroxyl groups excluding tert-OH is 1. The molecule has 0 aliphatic rings. The third-order valence-corrected chi connectivity index (χ3v) is 5.17. The van der Waals surface area contributed by atoms with Crippen LogP contribution in [0, 0.1) is 0 Å². The number of rotatable bonds is 4. The maximum atomic E-state index is 11.6. The molecule has 8 heteroatoms. The van der Waals surface area contributed by atoms with Gasteiger partial charge in [-0.25, -0.2) is 13.2 Å². The summed E-state index contributed by atoms with van der Waals surface area (Å²) in [5, 5.41) is 18.2. The molecule has 1 aromatic rings. The molecule has 0 amide bonds. The molecular formula is C10H11BrO5S2. The molecule has 18 heavy (non-hydrogen) atoms. The van der Waals surface area contributed by atoms with E-state index in [1.165, 1.54) is 23.9 Å². The van der Waals surface area contributed by atoms with Crippen LogP contribution in [0.5, 0.6) is 0 Å². The molecular weight excluding hydrogens is 344 g/mol. The van der Waals surface area contributed by atoms with Gasteiger partial charge in [0.25, 0.3) is 0 Å². The van der Waals surface area contributed by atoms with Crippen LogP contribution in [0.2, 0.25) is 0 Å². The molecule has 1 unspecified atom stereocenters. The van der Waals surface area contributed by atoms with E-state index in [-0.39, 0.29) is 10.5 Å². The molecule has 1 atom stereocenters. The van der Waals surface area contributed by atoms with Gasteiger partial charge in [-0.3, -0.25) is 0 Å².